The van der Waals surface area contributed by atoms with E-state index in [9.17, 15) is 18.0 Å². The number of alkyl halides is 3. The van der Waals surface area contributed by atoms with Crippen molar-refractivity contribution >= 4 is 23.1 Å². The van der Waals surface area contributed by atoms with E-state index in [1.54, 1.807) is 22.8 Å². The topological polar surface area (TPSA) is 92.6 Å². The van der Waals surface area contributed by atoms with Crippen LogP contribution in [0.5, 0.6) is 0 Å². The first-order valence-corrected chi connectivity index (χ1v) is 13.0. The molecule has 2 fully saturated rings. The fourth-order valence-corrected chi connectivity index (χ4v) is 4.52. The number of aryl methyl sites for hydroxylation is 1. The number of rotatable bonds is 8. The number of carbonyl (C=O) groups excluding carboxylic acids is 1. The van der Waals surface area contributed by atoms with Gasteiger partial charge in [-0.3, -0.25) is 4.79 Å². The summed E-state index contributed by atoms with van der Waals surface area (Å²) in [6.45, 7) is 6.08. The minimum Gasteiger partial charge on any atom is -0.382 e. The monoisotopic (exact) mass is 530 g/mol. The number of hydrogen-bond acceptors (Lipinski definition) is 6. The summed E-state index contributed by atoms with van der Waals surface area (Å²) in [4.78, 5) is 17.1. The highest BCUT2D eigenvalue weighted by molar-refractivity contribution is 5.96. The van der Waals surface area contributed by atoms with Crippen molar-refractivity contribution < 1.29 is 22.7 Å². The lowest BCUT2D eigenvalue weighted by Crippen LogP contribution is -2.46. The molecule has 1 aliphatic carbocycles. The van der Waals surface area contributed by atoms with E-state index in [0.717, 1.165) is 50.7 Å². The van der Waals surface area contributed by atoms with Crippen molar-refractivity contribution in [1.82, 2.24) is 19.9 Å². The number of carbonyl (C=O) groups is 1. The van der Waals surface area contributed by atoms with E-state index in [0.29, 0.717) is 48.3 Å². The lowest BCUT2D eigenvalue weighted by molar-refractivity contribution is -0.168. The van der Waals surface area contributed by atoms with Crippen LogP contribution in [0.4, 0.5) is 24.7 Å². The maximum atomic E-state index is 13.7. The highest BCUT2D eigenvalue weighted by atomic mass is 19.4. The molecular weight excluding hydrogens is 497 g/mol. The summed E-state index contributed by atoms with van der Waals surface area (Å²) < 4.78 is 48.0. The number of ether oxygens (including phenoxy) is 1. The van der Waals surface area contributed by atoms with E-state index in [1.807, 2.05) is 19.1 Å². The SMILES string of the molecule is Cc1cc(-c2cnc3c(NCC4CCOCC4)cc(NC(C)(C)C(F)(F)F)nn23)ccc1C(=O)NC1CC1. The number of nitrogens with one attached hydrogen (secondary N) is 3. The second kappa shape index (κ2) is 10.1. The molecule has 2 aliphatic rings. The molecule has 0 unspecified atom stereocenters. The molecule has 8 nitrogen and oxygen atoms in total. The Labute approximate surface area is 219 Å². The Kier molecular flexibility index (Phi) is 6.97. The second-order valence-electron chi connectivity index (χ2n) is 10.8. The second-order valence-corrected chi connectivity index (χ2v) is 10.8. The molecule has 3 heterocycles. The van der Waals surface area contributed by atoms with Crippen LogP contribution in [0.25, 0.3) is 16.9 Å². The first-order valence-electron chi connectivity index (χ1n) is 13.0. The van der Waals surface area contributed by atoms with E-state index < -0.39 is 11.7 Å². The zero-order valence-corrected chi connectivity index (χ0v) is 21.8. The van der Waals surface area contributed by atoms with Gasteiger partial charge in [0.1, 0.15) is 11.4 Å². The summed E-state index contributed by atoms with van der Waals surface area (Å²) in [6, 6.07) is 7.29. The molecule has 0 radical (unpaired) electrons. The van der Waals surface area contributed by atoms with Crippen molar-refractivity contribution in [2.24, 2.45) is 5.92 Å². The largest absolute Gasteiger partial charge is 0.410 e. The third kappa shape index (κ3) is 5.57. The van der Waals surface area contributed by atoms with Crippen molar-refractivity contribution in [2.45, 2.75) is 64.2 Å². The van der Waals surface area contributed by atoms with Gasteiger partial charge in [0.25, 0.3) is 5.91 Å². The first-order chi connectivity index (χ1) is 18.0. The van der Waals surface area contributed by atoms with Gasteiger partial charge in [-0.05, 0) is 70.1 Å². The summed E-state index contributed by atoms with van der Waals surface area (Å²) >= 11 is 0. The smallest absolute Gasteiger partial charge is 0.382 e. The molecule has 0 spiro atoms. The van der Waals surface area contributed by atoms with Crippen LogP contribution in [0, 0.1) is 12.8 Å². The molecular formula is C27H33F3N6O2. The lowest BCUT2D eigenvalue weighted by atomic mass is 10.0. The van der Waals surface area contributed by atoms with E-state index in [2.05, 4.69) is 26.0 Å². The molecule has 38 heavy (non-hydrogen) atoms. The molecule has 0 atom stereocenters. The van der Waals surface area contributed by atoms with Crippen LogP contribution in [0.2, 0.25) is 0 Å². The number of benzene rings is 1. The number of anilines is 2. The standard InChI is InChI=1S/C27H33F3N6O2/c1-16-12-18(4-7-20(16)25(37)33-19-5-6-19)22-15-32-24-21(31-14-17-8-10-38-11-9-17)13-23(35-36(22)24)34-26(2,3)27(28,29)30/h4,7,12-13,15,17,19,31H,5-6,8-11,14H2,1-3H3,(H,33,37)(H,34,35). The Morgan fingerprint density at radius 1 is 1.13 bits per heavy atom. The van der Waals surface area contributed by atoms with Crippen LogP contribution in [0.1, 0.15) is 55.5 Å². The van der Waals surface area contributed by atoms with Gasteiger partial charge in [-0.2, -0.15) is 13.2 Å². The molecule has 1 amide bonds. The number of aromatic nitrogens is 3. The maximum Gasteiger partial charge on any atom is 0.410 e. The third-order valence-corrected chi connectivity index (χ3v) is 7.22. The van der Waals surface area contributed by atoms with Gasteiger partial charge in [0.2, 0.25) is 0 Å². The minimum absolute atomic E-state index is 0.0747. The van der Waals surface area contributed by atoms with E-state index in [4.69, 9.17) is 4.74 Å². The summed E-state index contributed by atoms with van der Waals surface area (Å²) in [5.41, 5.74) is 1.66. The fourth-order valence-electron chi connectivity index (χ4n) is 4.52. The van der Waals surface area contributed by atoms with Crippen molar-refractivity contribution in [3.8, 4) is 11.3 Å². The van der Waals surface area contributed by atoms with Crippen molar-refractivity contribution in [3.05, 3.63) is 41.6 Å². The van der Waals surface area contributed by atoms with E-state index in [1.165, 1.54) is 0 Å². The van der Waals surface area contributed by atoms with Crippen molar-refractivity contribution in [2.75, 3.05) is 30.4 Å². The van der Waals surface area contributed by atoms with E-state index >= 15 is 0 Å². The van der Waals surface area contributed by atoms with Gasteiger partial charge >= 0.3 is 6.18 Å². The van der Waals surface area contributed by atoms with Crippen LogP contribution < -0.4 is 16.0 Å². The third-order valence-electron chi connectivity index (χ3n) is 7.22. The zero-order valence-electron chi connectivity index (χ0n) is 21.8. The Hall–Kier alpha value is -3.34. The molecule has 1 saturated heterocycles. The molecule has 3 aromatic rings. The van der Waals surface area contributed by atoms with Gasteiger partial charge in [0, 0.05) is 43.0 Å². The number of amides is 1. The fraction of sp³-hybridized carbons (Fsp3) is 0.519. The zero-order chi connectivity index (χ0) is 27.1. The highest BCUT2D eigenvalue weighted by Crippen LogP contribution is 2.34. The Balaban J connectivity index is 1.50. The van der Waals surface area contributed by atoms with Crippen molar-refractivity contribution in [3.63, 3.8) is 0 Å². The van der Waals surface area contributed by atoms with Gasteiger partial charge < -0.3 is 20.7 Å². The number of halogens is 3. The molecule has 1 aliphatic heterocycles. The summed E-state index contributed by atoms with van der Waals surface area (Å²) in [5.74, 6) is 0.366. The molecule has 1 aromatic carbocycles. The molecule has 3 N–H and O–H groups in total. The predicted octanol–water partition coefficient (Wildman–Crippen LogP) is 5.19. The molecule has 0 bridgehead atoms. The van der Waals surface area contributed by atoms with Gasteiger partial charge in [-0.1, -0.05) is 6.07 Å². The summed E-state index contributed by atoms with van der Waals surface area (Å²) in [7, 11) is 0. The van der Waals surface area contributed by atoms with E-state index in [-0.39, 0.29) is 17.8 Å². The number of imidazole rings is 1. The number of fused-ring (bicyclic) bond motifs is 1. The predicted molar refractivity (Wildman–Crippen MR) is 139 cm³/mol. The van der Waals surface area contributed by atoms with Gasteiger partial charge in [0.15, 0.2) is 5.65 Å². The molecule has 11 heteroatoms. The Bertz CT molecular complexity index is 1330. The number of hydrogen-bond donors (Lipinski definition) is 3. The number of nitrogens with zero attached hydrogens (tertiary/aromatic N) is 3. The van der Waals surface area contributed by atoms with Gasteiger partial charge in [-0.15, -0.1) is 5.10 Å². The first kappa shape index (κ1) is 26.3. The summed E-state index contributed by atoms with van der Waals surface area (Å²) in [5, 5.41) is 13.5. The molecule has 204 valence electrons. The average molecular weight is 531 g/mol. The molecule has 5 rings (SSSR count). The van der Waals surface area contributed by atoms with Crippen LogP contribution >= 0.6 is 0 Å². The Morgan fingerprint density at radius 3 is 2.53 bits per heavy atom. The van der Waals surface area contributed by atoms with Crippen LogP contribution in [0.3, 0.4) is 0 Å². The normalized spacial score (nSPS) is 17.0. The van der Waals surface area contributed by atoms with Gasteiger partial charge in [-0.25, -0.2) is 9.50 Å². The van der Waals surface area contributed by atoms with Crippen LogP contribution in [0.15, 0.2) is 30.5 Å². The Morgan fingerprint density at radius 2 is 1.87 bits per heavy atom. The highest BCUT2D eigenvalue weighted by Gasteiger charge is 2.47. The minimum atomic E-state index is -4.48. The van der Waals surface area contributed by atoms with Crippen molar-refractivity contribution in [1.29, 1.82) is 0 Å². The average Bonchev–Trinajstić information content (AvgIpc) is 3.57. The molecule has 1 saturated carbocycles. The quantitative estimate of drug-likeness (QED) is 0.371. The summed E-state index contributed by atoms with van der Waals surface area (Å²) in [6.07, 6.45) is 1.01. The lowest BCUT2D eigenvalue weighted by Gasteiger charge is -2.29. The molecule has 2 aromatic heterocycles. The van der Waals surface area contributed by atoms with Gasteiger partial charge in [0.05, 0.1) is 17.6 Å². The van der Waals surface area contributed by atoms with Crippen LogP contribution in [-0.2, 0) is 4.74 Å². The maximum absolute atomic E-state index is 13.7. The van der Waals surface area contributed by atoms with Crippen LogP contribution in [-0.4, -0.2) is 58.0 Å².